The van der Waals surface area contributed by atoms with Crippen molar-refractivity contribution in [2.75, 3.05) is 19.6 Å². The van der Waals surface area contributed by atoms with Gasteiger partial charge in [-0.15, -0.1) is 0 Å². The predicted octanol–water partition coefficient (Wildman–Crippen LogP) is 0.781. The van der Waals surface area contributed by atoms with Gasteiger partial charge in [0.1, 0.15) is 0 Å². The zero-order valence-electron chi connectivity index (χ0n) is 15.4. The van der Waals surface area contributed by atoms with E-state index in [2.05, 4.69) is 13.7 Å². The molecule has 0 saturated carbocycles. The number of rotatable bonds is 3. The van der Waals surface area contributed by atoms with Gasteiger partial charge in [0.25, 0.3) is 0 Å². The van der Waals surface area contributed by atoms with Gasteiger partial charge in [-0.3, -0.25) is 4.79 Å². The molecule has 1 spiro atoms. The fourth-order valence-corrected chi connectivity index (χ4v) is 7.82. The third-order valence-corrected chi connectivity index (χ3v) is 10.1. The van der Waals surface area contributed by atoms with Crippen LogP contribution in [0.2, 0.25) is 0 Å². The molecule has 3 saturated heterocycles. The van der Waals surface area contributed by atoms with Crippen LogP contribution < -0.4 is 14.5 Å². The fraction of sp³-hybridized carbons (Fsp3) is 0.500. The second-order valence-corrected chi connectivity index (χ2v) is 12.2. The Morgan fingerprint density at radius 2 is 2.07 bits per heavy atom. The predicted molar refractivity (Wildman–Crippen MR) is 110 cm³/mol. The number of carbonyl (C=O) groups excluding carboxylic acids is 2. The number of piperidine rings is 1. The number of aromatic nitrogens is 2. The topological polar surface area (TPSA) is 88.4 Å². The third-order valence-electron chi connectivity index (χ3n) is 5.97. The van der Waals surface area contributed by atoms with Crippen molar-refractivity contribution in [3.8, 4) is 0 Å². The quantitative estimate of drug-likeness (QED) is 0.281. The van der Waals surface area contributed by atoms with Gasteiger partial charge >= 0.3 is 164 Å². The molecule has 1 atom stereocenters. The van der Waals surface area contributed by atoms with Crippen molar-refractivity contribution in [3.05, 3.63) is 34.2 Å². The van der Waals surface area contributed by atoms with Crippen LogP contribution in [0.1, 0.15) is 24.4 Å². The molecule has 1 aromatic heterocycles. The van der Waals surface area contributed by atoms with Crippen LogP contribution in [0.15, 0.2) is 23.0 Å². The number of imide groups is 1. The Morgan fingerprint density at radius 1 is 1.29 bits per heavy atom. The number of likely N-dealkylation sites (tertiary alicyclic amines) is 1. The fourth-order valence-electron chi connectivity index (χ4n) is 4.51. The summed E-state index contributed by atoms with van der Waals surface area (Å²) in [5, 5.41) is 2.33. The molecule has 2 amide bonds. The number of nitrogens with zero attached hydrogens (tertiary/aromatic N) is 3. The molecule has 2 N–H and O–H groups in total. The number of hydrogen-bond acceptors (Lipinski definition) is 5. The molecule has 1 aromatic carbocycles. The normalized spacial score (nSPS) is 25.6. The summed E-state index contributed by atoms with van der Waals surface area (Å²) < 4.78 is 19.8. The number of carbonyl (C=O) groups is 2. The van der Waals surface area contributed by atoms with Gasteiger partial charge in [-0.05, 0) is 0 Å². The molecule has 28 heavy (non-hydrogen) atoms. The zero-order valence-corrected chi connectivity index (χ0v) is 17.5. The molecule has 0 radical (unpaired) electrons. The molecule has 3 aliphatic heterocycles. The van der Waals surface area contributed by atoms with E-state index in [1.165, 1.54) is 4.57 Å². The molecular weight excluding hydrogens is 480 g/mol. The number of nitrogens with one attached hydrogen (secondary N) is 2. The Balaban J connectivity index is 1.48. The summed E-state index contributed by atoms with van der Waals surface area (Å²) in [7, 11) is 1.70. The Morgan fingerprint density at radius 3 is 2.71 bits per heavy atom. The Hall–Kier alpha value is -1.79. The number of aryl methyl sites for hydroxylation is 1. The summed E-state index contributed by atoms with van der Waals surface area (Å²) in [6.45, 7) is 2.95. The van der Waals surface area contributed by atoms with Crippen LogP contribution in [0, 0.1) is 0 Å². The minimum atomic E-state index is -2.45. The van der Waals surface area contributed by atoms with Crippen molar-refractivity contribution in [2.45, 2.75) is 28.8 Å². The number of alkyl halides is 1. The second kappa shape index (κ2) is 6.36. The Labute approximate surface area is 168 Å². The van der Waals surface area contributed by atoms with Crippen LogP contribution in [0.4, 0.5) is 2.86 Å². The maximum atomic E-state index is 13.9. The van der Waals surface area contributed by atoms with E-state index >= 15 is 0 Å². The van der Waals surface area contributed by atoms with Crippen molar-refractivity contribution in [1.82, 2.24) is 22.9 Å². The molecule has 1 unspecified atom stereocenters. The minimum absolute atomic E-state index is 0.0949. The molecule has 3 fully saturated rings. The van der Waals surface area contributed by atoms with Crippen LogP contribution in [0.5, 0.6) is 0 Å². The third kappa shape index (κ3) is 2.57. The van der Waals surface area contributed by atoms with E-state index in [1.54, 1.807) is 11.6 Å². The van der Waals surface area contributed by atoms with Crippen LogP contribution in [-0.4, -0.2) is 48.9 Å². The van der Waals surface area contributed by atoms with E-state index in [0.717, 1.165) is 30.7 Å². The first-order chi connectivity index (χ1) is 13.4. The SMILES string of the molecule is Cn1c(=O)n(C2CCC(=O)NC2=O)c2cccc(CN3CC4(CNI4F)C3)c21. The van der Waals surface area contributed by atoms with Crippen molar-refractivity contribution in [3.63, 3.8) is 0 Å². The monoisotopic (exact) mass is 501 g/mol. The van der Waals surface area contributed by atoms with Gasteiger partial charge in [0.05, 0.1) is 0 Å². The molecule has 8 nitrogen and oxygen atoms in total. The number of para-hydroxylation sites is 1. The number of amides is 2. The van der Waals surface area contributed by atoms with Crippen LogP contribution in [-0.2, 0) is 23.2 Å². The first kappa shape index (κ1) is 18.3. The molecule has 0 aliphatic carbocycles. The van der Waals surface area contributed by atoms with Gasteiger partial charge in [-0.2, -0.15) is 0 Å². The van der Waals surface area contributed by atoms with Gasteiger partial charge in [0.15, 0.2) is 0 Å². The number of hydrogen-bond donors (Lipinski definition) is 2. The summed E-state index contributed by atoms with van der Waals surface area (Å²) in [4.78, 5) is 38.9. The van der Waals surface area contributed by atoms with E-state index < -0.39 is 32.6 Å². The van der Waals surface area contributed by atoms with Gasteiger partial charge in [0.2, 0.25) is 0 Å². The molecule has 4 heterocycles. The molecule has 2 aromatic rings. The summed E-state index contributed by atoms with van der Waals surface area (Å²) >= 11 is -2.45. The molecule has 0 bridgehead atoms. The molecule has 5 rings (SSSR count). The van der Waals surface area contributed by atoms with Crippen LogP contribution in [0.25, 0.3) is 11.0 Å². The second-order valence-electron chi connectivity index (χ2n) is 7.81. The summed E-state index contributed by atoms with van der Waals surface area (Å²) in [5.74, 6) is -0.736. The standard InChI is InChI=1S/C18H21FIN5O3/c1-23-15-11(7-24-9-18(10-24)8-21-20(18)19)3-2-4-12(15)25(17(23)28)13-5-6-14(26)22-16(13)27/h2-4,13,21H,5-10H2,1H3,(H,22,26,27). The summed E-state index contributed by atoms with van der Waals surface area (Å²) in [5.41, 5.74) is 2.21. The van der Waals surface area contributed by atoms with Gasteiger partial charge in [0, 0.05) is 0 Å². The van der Waals surface area contributed by atoms with Crippen molar-refractivity contribution < 1.29 is 12.4 Å². The van der Waals surface area contributed by atoms with E-state index in [0.29, 0.717) is 18.5 Å². The maximum absolute atomic E-state index is 13.9. The van der Waals surface area contributed by atoms with E-state index in [4.69, 9.17) is 0 Å². The average molecular weight is 501 g/mol. The molecule has 150 valence electrons. The number of imidazole rings is 1. The Bertz CT molecular complexity index is 1060. The van der Waals surface area contributed by atoms with Crippen molar-refractivity contribution >= 4 is 43.5 Å². The van der Waals surface area contributed by atoms with Gasteiger partial charge in [-0.25, -0.2) is 0 Å². The van der Waals surface area contributed by atoms with Crippen molar-refractivity contribution in [2.24, 2.45) is 7.05 Å². The van der Waals surface area contributed by atoms with E-state index in [-0.39, 0.29) is 21.4 Å². The average Bonchev–Trinajstić information content (AvgIpc) is 2.88. The van der Waals surface area contributed by atoms with Gasteiger partial charge < -0.3 is 0 Å². The first-order valence-corrected chi connectivity index (χ1v) is 12.2. The number of halogens is 2. The molecular formula is C18H21FIN5O3. The van der Waals surface area contributed by atoms with E-state index in [1.807, 2.05) is 18.2 Å². The zero-order chi connectivity index (χ0) is 19.6. The van der Waals surface area contributed by atoms with Crippen LogP contribution >= 0.6 is 20.7 Å². The number of benzene rings is 1. The first-order valence-electron chi connectivity index (χ1n) is 9.24. The number of fused-ring (bicyclic) bond motifs is 1. The molecule has 10 heteroatoms. The molecule has 3 aliphatic rings. The Kier molecular flexibility index (Phi) is 4.14. The van der Waals surface area contributed by atoms with Crippen LogP contribution in [0.3, 0.4) is 0 Å². The summed E-state index contributed by atoms with van der Waals surface area (Å²) in [6.07, 6.45) is 0.538. The summed E-state index contributed by atoms with van der Waals surface area (Å²) in [6, 6.07) is 5.01. The van der Waals surface area contributed by atoms with E-state index in [9.17, 15) is 17.2 Å². The van der Waals surface area contributed by atoms with Gasteiger partial charge in [-0.1, -0.05) is 0 Å². The van der Waals surface area contributed by atoms with Crippen molar-refractivity contribution in [1.29, 1.82) is 0 Å².